The zero-order valence-corrected chi connectivity index (χ0v) is 20.0. The maximum atomic E-state index is 13.1. The molecule has 1 saturated heterocycles. The first kappa shape index (κ1) is 23.9. The Hall–Kier alpha value is -2.74. The molecule has 0 unspecified atom stereocenters. The number of amides is 3. The molecular weight excluding hydrogens is 424 g/mol. The fraction of sp³-hybridized carbons (Fsp3) is 0.500. The van der Waals surface area contributed by atoms with Crippen LogP contribution >= 0.6 is 11.3 Å². The molecule has 0 saturated carbocycles. The maximum absolute atomic E-state index is 13.1. The van der Waals surface area contributed by atoms with E-state index in [0.717, 1.165) is 28.1 Å². The number of rotatable bonds is 8. The first-order valence-corrected chi connectivity index (χ1v) is 12.0. The number of aromatic nitrogens is 1. The van der Waals surface area contributed by atoms with Gasteiger partial charge in [-0.2, -0.15) is 0 Å². The van der Waals surface area contributed by atoms with E-state index < -0.39 is 12.1 Å². The molecule has 2 heterocycles. The van der Waals surface area contributed by atoms with Crippen molar-refractivity contribution in [3.63, 3.8) is 0 Å². The highest BCUT2D eigenvalue weighted by Gasteiger charge is 2.37. The number of hydrogen-bond donors (Lipinski definition) is 2. The van der Waals surface area contributed by atoms with Crippen LogP contribution in [0.3, 0.4) is 0 Å². The second kappa shape index (κ2) is 10.7. The van der Waals surface area contributed by atoms with E-state index in [1.165, 1.54) is 6.92 Å². The number of hydrogen-bond acceptors (Lipinski definition) is 5. The van der Waals surface area contributed by atoms with Gasteiger partial charge in [-0.3, -0.25) is 14.4 Å². The molecule has 1 aliphatic rings. The fourth-order valence-corrected chi connectivity index (χ4v) is 4.91. The monoisotopic (exact) mass is 456 g/mol. The van der Waals surface area contributed by atoms with Crippen LogP contribution in [0.5, 0.6) is 0 Å². The van der Waals surface area contributed by atoms with E-state index in [4.69, 9.17) is 0 Å². The van der Waals surface area contributed by atoms with Gasteiger partial charge in [0.1, 0.15) is 12.1 Å². The molecule has 1 fully saturated rings. The highest BCUT2D eigenvalue weighted by molar-refractivity contribution is 7.13. The summed E-state index contributed by atoms with van der Waals surface area (Å²) in [6, 6.07) is 6.99. The predicted octanol–water partition coefficient (Wildman–Crippen LogP) is 3.28. The molecule has 3 rings (SSSR count). The smallest absolute Gasteiger partial charge is 0.245 e. The third-order valence-corrected chi connectivity index (χ3v) is 6.63. The Balaban J connectivity index is 1.60. The van der Waals surface area contributed by atoms with Crippen molar-refractivity contribution in [2.45, 2.75) is 65.6 Å². The molecule has 8 heteroatoms. The van der Waals surface area contributed by atoms with Crippen molar-refractivity contribution in [1.29, 1.82) is 0 Å². The Morgan fingerprint density at radius 1 is 1.22 bits per heavy atom. The highest BCUT2D eigenvalue weighted by atomic mass is 32.1. The lowest BCUT2D eigenvalue weighted by molar-refractivity contribution is -0.141. The molecule has 172 valence electrons. The lowest BCUT2D eigenvalue weighted by Crippen LogP contribution is -2.53. The van der Waals surface area contributed by atoms with Gasteiger partial charge in [-0.15, -0.1) is 11.3 Å². The Morgan fingerprint density at radius 2 is 1.94 bits per heavy atom. The molecule has 1 aliphatic heterocycles. The van der Waals surface area contributed by atoms with E-state index in [0.29, 0.717) is 25.9 Å². The van der Waals surface area contributed by atoms with Gasteiger partial charge in [0.05, 0.1) is 16.1 Å². The molecule has 2 atom stereocenters. The quantitative estimate of drug-likeness (QED) is 0.638. The standard InChI is InChI=1S/C24H32N4O3S/c1-15(2)12-20(27-17(4)29)24(31)28-11-5-6-21(28)23(30)25-13-18-7-9-19(10-8-18)22-16(3)26-14-32-22/h7-10,14-15,20-21H,5-6,11-13H2,1-4H3,(H,25,30)(H,27,29)/t20-,21-/m0/s1. The number of likely N-dealkylation sites (tertiary alicyclic amines) is 1. The zero-order valence-electron chi connectivity index (χ0n) is 19.2. The van der Waals surface area contributed by atoms with E-state index in [1.54, 1.807) is 16.2 Å². The molecule has 32 heavy (non-hydrogen) atoms. The Morgan fingerprint density at radius 3 is 2.53 bits per heavy atom. The molecule has 0 radical (unpaired) electrons. The predicted molar refractivity (Wildman–Crippen MR) is 126 cm³/mol. The van der Waals surface area contributed by atoms with Crippen LogP contribution in [0, 0.1) is 12.8 Å². The Labute approximate surface area is 193 Å². The van der Waals surface area contributed by atoms with Gasteiger partial charge in [0.15, 0.2) is 0 Å². The van der Waals surface area contributed by atoms with Crippen LogP contribution in [0.2, 0.25) is 0 Å². The van der Waals surface area contributed by atoms with Crippen LogP contribution < -0.4 is 10.6 Å². The van der Waals surface area contributed by atoms with E-state index >= 15 is 0 Å². The number of carbonyl (C=O) groups is 3. The van der Waals surface area contributed by atoms with Crippen LogP contribution in [-0.4, -0.2) is 46.2 Å². The summed E-state index contributed by atoms with van der Waals surface area (Å²) in [5.41, 5.74) is 4.96. The summed E-state index contributed by atoms with van der Waals surface area (Å²) >= 11 is 1.61. The summed E-state index contributed by atoms with van der Waals surface area (Å²) in [5.74, 6) is -0.302. The summed E-state index contributed by atoms with van der Waals surface area (Å²) in [6.45, 7) is 8.37. The van der Waals surface area contributed by atoms with Crippen molar-refractivity contribution >= 4 is 29.1 Å². The molecule has 2 aromatic rings. The number of nitrogens with zero attached hydrogens (tertiary/aromatic N) is 2. The minimum absolute atomic E-state index is 0.149. The van der Waals surface area contributed by atoms with Crippen molar-refractivity contribution < 1.29 is 14.4 Å². The van der Waals surface area contributed by atoms with E-state index in [2.05, 4.69) is 15.6 Å². The topological polar surface area (TPSA) is 91.4 Å². The van der Waals surface area contributed by atoms with Crippen LogP contribution in [0.1, 0.15) is 51.3 Å². The lowest BCUT2D eigenvalue weighted by Gasteiger charge is -2.29. The van der Waals surface area contributed by atoms with Gasteiger partial charge in [0.25, 0.3) is 0 Å². The van der Waals surface area contributed by atoms with Gasteiger partial charge in [0.2, 0.25) is 17.7 Å². The molecule has 0 aliphatic carbocycles. The third kappa shape index (κ3) is 5.94. The van der Waals surface area contributed by atoms with Gasteiger partial charge >= 0.3 is 0 Å². The van der Waals surface area contributed by atoms with Gasteiger partial charge in [-0.1, -0.05) is 38.1 Å². The third-order valence-electron chi connectivity index (χ3n) is 5.65. The normalized spacial score (nSPS) is 16.8. The average Bonchev–Trinajstić information content (AvgIpc) is 3.40. The summed E-state index contributed by atoms with van der Waals surface area (Å²) < 4.78 is 0. The van der Waals surface area contributed by atoms with Crippen molar-refractivity contribution in [3.8, 4) is 10.4 Å². The average molecular weight is 457 g/mol. The van der Waals surface area contributed by atoms with Gasteiger partial charge in [0, 0.05) is 20.0 Å². The van der Waals surface area contributed by atoms with E-state index in [-0.39, 0.29) is 23.6 Å². The number of nitrogens with one attached hydrogen (secondary N) is 2. The molecule has 0 bridgehead atoms. The highest BCUT2D eigenvalue weighted by Crippen LogP contribution is 2.27. The van der Waals surface area contributed by atoms with Crippen LogP contribution in [0.25, 0.3) is 10.4 Å². The summed E-state index contributed by atoms with van der Waals surface area (Å²) in [6.07, 6.45) is 1.96. The molecule has 2 N–H and O–H groups in total. The van der Waals surface area contributed by atoms with Crippen molar-refractivity contribution in [3.05, 3.63) is 41.0 Å². The van der Waals surface area contributed by atoms with Gasteiger partial charge in [-0.05, 0) is 43.2 Å². The fourth-order valence-electron chi connectivity index (χ4n) is 4.10. The van der Waals surface area contributed by atoms with Crippen molar-refractivity contribution in [2.24, 2.45) is 5.92 Å². The van der Waals surface area contributed by atoms with Crippen molar-refractivity contribution in [1.82, 2.24) is 20.5 Å². The number of thiazole rings is 1. The van der Waals surface area contributed by atoms with Crippen LogP contribution in [-0.2, 0) is 20.9 Å². The summed E-state index contributed by atoms with van der Waals surface area (Å²) in [4.78, 5) is 44.7. The van der Waals surface area contributed by atoms with Crippen molar-refractivity contribution in [2.75, 3.05) is 6.54 Å². The number of carbonyl (C=O) groups excluding carboxylic acids is 3. The minimum Gasteiger partial charge on any atom is -0.350 e. The second-order valence-corrected chi connectivity index (χ2v) is 9.61. The molecule has 0 spiro atoms. The minimum atomic E-state index is -0.594. The summed E-state index contributed by atoms with van der Waals surface area (Å²) in [7, 11) is 0. The largest absolute Gasteiger partial charge is 0.350 e. The van der Waals surface area contributed by atoms with Gasteiger partial charge < -0.3 is 15.5 Å². The Bertz CT molecular complexity index is 954. The van der Waals surface area contributed by atoms with Gasteiger partial charge in [-0.25, -0.2) is 4.98 Å². The zero-order chi connectivity index (χ0) is 23.3. The van der Waals surface area contributed by atoms with E-state index in [1.807, 2.05) is 50.5 Å². The molecule has 7 nitrogen and oxygen atoms in total. The number of benzene rings is 1. The SMILES string of the molecule is CC(=O)N[C@@H](CC(C)C)C(=O)N1CCC[C@H]1C(=O)NCc1ccc(-c2scnc2C)cc1. The molecule has 1 aromatic carbocycles. The molecule has 1 aromatic heterocycles. The van der Waals surface area contributed by atoms with Crippen LogP contribution in [0.4, 0.5) is 0 Å². The Kier molecular flexibility index (Phi) is 8.01. The summed E-state index contributed by atoms with van der Waals surface area (Å²) in [5, 5.41) is 5.74. The van der Waals surface area contributed by atoms with Crippen LogP contribution in [0.15, 0.2) is 29.8 Å². The van der Waals surface area contributed by atoms with E-state index in [9.17, 15) is 14.4 Å². The second-order valence-electron chi connectivity index (χ2n) is 8.75. The maximum Gasteiger partial charge on any atom is 0.245 e. The molecular formula is C24H32N4O3S. The first-order valence-electron chi connectivity index (χ1n) is 11.1. The lowest BCUT2D eigenvalue weighted by atomic mass is 10.0. The first-order chi connectivity index (χ1) is 15.3. The number of aryl methyl sites for hydroxylation is 1. The molecule has 3 amide bonds.